The molecule has 0 spiro atoms. The van der Waals surface area contributed by atoms with E-state index in [9.17, 15) is 0 Å². The molecule has 0 saturated carbocycles. The van der Waals surface area contributed by atoms with Crippen LogP contribution in [0.5, 0.6) is 0 Å². The van der Waals surface area contributed by atoms with E-state index >= 15 is 0 Å². The van der Waals surface area contributed by atoms with Crippen molar-refractivity contribution in [3.63, 3.8) is 0 Å². The summed E-state index contributed by atoms with van der Waals surface area (Å²) >= 11 is 5.76. The fourth-order valence-corrected chi connectivity index (χ4v) is 1.97. The molecule has 18 heavy (non-hydrogen) atoms. The molecule has 0 saturated heterocycles. The first-order valence-electron chi connectivity index (χ1n) is 5.55. The average molecular weight is 260 g/mol. The van der Waals surface area contributed by atoms with Crippen LogP contribution >= 0.6 is 11.6 Å². The van der Waals surface area contributed by atoms with Crippen molar-refractivity contribution in [3.8, 4) is 11.5 Å². The molecule has 90 valence electrons. The van der Waals surface area contributed by atoms with Crippen LogP contribution in [0.1, 0.15) is 11.3 Å². The number of benzene rings is 1. The first kappa shape index (κ1) is 11.1. The first-order valence-corrected chi connectivity index (χ1v) is 5.93. The Hall–Kier alpha value is -2.00. The van der Waals surface area contributed by atoms with E-state index in [-0.39, 0.29) is 0 Å². The van der Waals surface area contributed by atoms with E-state index in [2.05, 4.69) is 4.98 Å². The van der Waals surface area contributed by atoms with Gasteiger partial charge in [-0.25, -0.2) is 4.98 Å². The van der Waals surface area contributed by atoms with Crippen molar-refractivity contribution in [3.05, 3.63) is 65.3 Å². The van der Waals surface area contributed by atoms with E-state index < -0.39 is 0 Å². The summed E-state index contributed by atoms with van der Waals surface area (Å²) in [6, 6.07) is 13.5. The smallest absolute Gasteiger partial charge is 0.194 e. The van der Waals surface area contributed by atoms with Crippen molar-refractivity contribution in [1.29, 1.82) is 0 Å². The minimum Gasteiger partial charge on any atom is -0.441 e. The van der Waals surface area contributed by atoms with Gasteiger partial charge in [-0.2, -0.15) is 0 Å². The minimum atomic E-state index is 0.340. The summed E-state index contributed by atoms with van der Waals surface area (Å²) in [4.78, 5) is 4.23. The topological polar surface area (TPSA) is 39.2 Å². The highest BCUT2D eigenvalue weighted by molar-refractivity contribution is 6.28. The summed E-state index contributed by atoms with van der Waals surface area (Å²) in [5.41, 5.74) is 2.01. The predicted octanol–water partition coefficient (Wildman–Crippen LogP) is 4.18. The summed E-state index contributed by atoms with van der Waals surface area (Å²) < 4.78 is 10.7. The fraction of sp³-hybridized carbons (Fsp3) is 0.0714. The molecule has 0 aliphatic carbocycles. The number of aromatic nitrogens is 1. The van der Waals surface area contributed by atoms with Gasteiger partial charge in [-0.05, 0) is 29.3 Å². The van der Waals surface area contributed by atoms with Crippen molar-refractivity contribution < 1.29 is 8.83 Å². The molecule has 2 aromatic heterocycles. The average Bonchev–Trinajstić information content (AvgIpc) is 2.99. The second-order valence-corrected chi connectivity index (χ2v) is 4.27. The number of halogens is 1. The van der Waals surface area contributed by atoms with Crippen LogP contribution < -0.4 is 0 Å². The van der Waals surface area contributed by atoms with Gasteiger partial charge in [-0.15, -0.1) is 0 Å². The van der Waals surface area contributed by atoms with E-state index in [1.807, 2.05) is 30.3 Å². The molecule has 1 aromatic carbocycles. The highest BCUT2D eigenvalue weighted by atomic mass is 35.5. The van der Waals surface area contributed by atoms with Crippen molar-refractivity contribution >= 4 is 11.6 Å². The van der Waals surface area contributed by atoms with Gasteiger partial charge in [0.05, 0.1) is 5.69 Å². The van der Waals surface area contributed by atoms with E-state index in [4.69, 9.17) is 20.4 Å². The van der Waals surface area contributed by atoms with Gasteiger partial charge in [0, 0.05) is 6.42 Å². The lowest BCUT2D eigenvalue weighted by Gasteiger charge is -1.99. The Kier molecular flexibility index (Phi) is 2.90. The quantitative estimate of drug-likeness (QED) is 0.708. The normalized spacial score (nSPS) is 10.7. The van der Waals surface area contributed by atoms with Gasteiger partial charge in [-0.3, -0.25) is 0 Å². The fourth-order valence-electron chi connectivity index (χ4n) is 1.82. The second kappa shape index (κ2) is 4.70. The minimum absolute atomic E-state index is 0.340. The monoisotopic (exact) mass is 259 g/mol. The third-order valence-corrected chi connectivity index (χ3v) is 2.86. The molecule has 3 rings (SSSR count). The molecule has 0 amide bonds. The molecule has 2 heterocycles. The number of furan rings is 1. The SMILES string of the molecule is Clc1ccc(-c2ocnc2Cc2ccccc2)o1. The number of hydrogen-bond acceptors (Lipinski definition) is 3. The van der Waals surface area contributed by atoms with Gasteiger partial charge in [0.2, 0.25) is 0 Å². The zero-order chi connectivity index (χ0) is 12.4. The molecule has 0 radical (unpaired) electrons. The first-order chi connectivity index (χ1) is 8.83. The van der Waals surface area contributed by atoms with E-state index in [1.54, 1.807) is 12.1 Å². The van der Waals surface area contributed by atoms with Gasteiger partial charge in [0.1, 0.15) is 0 Å². The summed E-state index contributed by atoms with van der Waals surface area (Å²) in [6.07, 6.45) is 2.12. The lowest BCUT2D eigenvalue weighted by Crippen LogP contribution is -1.90. The molecule has 0 unspecified atom stereocenters. The number of nitrogens with zero attached hydrogens (tertiary/aromatic N) is 1. The maximum Gasteiger partial charge on any atom is 0.194 e. The Morgan fingerprint density at radius 1 is 1.06 bits per heavy atom. The molecular weight excluding hydrogens is 250 g/mol. The standard InChI is InChI=1S/C14H10ClNO2/c15-13-7-6-12(18-13)14-11(16-9-17-14)8-10-4-2-1-3-5-10/h1-7,9H,8H2. The lowest BCUT2D eigenvalue weighted by atomic mass is 10.1. The van der Waals surface area contributed by atoms with Gasteiger partial charge >= 0.3 is 0 Å². The highest BCUT2D eigenvalue weighted by Gasteiger charge is 2.14. The van der Waals surface area contributed by atoms with Crippen LogP contribution in [0.2, 0.25) is 5.22 Å². The van der Waals surface area contributed by atoms with Gasteiger partial charge in [0.25, 0.3) is 0 Å². The third-order valence-electron chi connectivity index (χ3n) is 2.65. The molecule has 0 aliphatic rings. The lowest BCUT2D eigenvalue weighted by molar-refractivity contribution is 0.520. The Bertz CT molecular complexity index is 643. The van der Waals surface area contributed by atoms with Crippen molar-refractivity contribution in [2.45, 2.75) is 6.42 Å². The molecule has 0 bridgehead atoms. The highest BCUT2D eigenvalue weighted by Crippen LogP contribution is 2.28. The summed E-state index contributed by atoms with van der Waals surface area (Å²) in [6.45, 7) is 0. The van der Waals surface area contributed by atoms with Crippen LogP contribution in [0.15, 0.2) is 57.7 Å². The van der Waals surface area contributed by atoms with Gasteiger partial charge in [-0.1, -0.05) is 30.3 Å². The largest absolute Gasteiger partial charge is 0.441 e. The van der Waals surface area contributed by atoms with E-state index in [0.717, 1.165) is 5.69 Å². The van der Waals surface area contributed by atoms with Gasteiger partial charge < -0.3 is 8.83 Å². The molecule has 0 fully saturated rings. The second-order valence-electron chi connectivity index (χ2n) is 3.89. The van der Waals surface area contributed by atoms with Gasteiger partial charge in [0.15, 0.2) is 23.1 Å². The summed E-state index contributed by atoms with van der Waals surface area (Å²) in [5, 5.41) is 0.340. The molecule has 3 nitrogen and oxygen atoms in total. The summed E-state index contributed by atoms with van der Waals surface area (Å²) in [5.74, 6) is 1.23. The van der Waals surface area contributed by atoms with E-state index in [1.165, 1.54) is 12.0 Å². The van der Waals surface area contributed by atoms with Crippen LogP contribution in [-0.4, -0.2) is 4.98 Å². The van der Waals surface area contributed by atoms with Crippen molar-refractivity contribution in [2.75, 3.05) is 0 Å². The molecule has 0 N–H and O–H groups in total. The van der Waals surface area contributed by atoms with Crippen molar-refractivity contribution in [2.24, 2.45) is 0 Å². The Balaban J connectivity index is 1.93. The molecule has 4 heteroatoms. The number of oxazole rings is 1. The zero-order valence-electron chi connectivity index (χ0n) is 9.47. The maximum atomic E-state index is 5.76. The molecule has 0 aliphatic heterocycles. The van der Waals surface area contributed by atoms with Crippen LogP contribution in [-0.2, 0) is 6.42 Å². The number of rotatable bonds is 3. The molecule has 3 aromatic rings. The van der Waals surface area contributed by atoms with Crippen LogP contribution in [0.3, 0.4) is 0 Å². The summed E-state index contributed by atoms with van der Waals surface area (Å²) in [7, 11) is 0. The number of hydrogen-bond donors (Lipinski definition) is 0. The third kappa shape index (κ3) is 2.17. The van der Waals surface area contributed by atoms with Crippen LogP contribution in [0, 0.1) is 0 Å². The maximum absolute atomic E-state index is 5.76. The van der Waals surface area contributed by atoms with Crippen LogP contribution in [0.4, 0.5) is 0 Å². The predicted molar refractivity (Wildman–Crippen MR) is 68.5 cm³/mol. The zero-order valence-corrected chi connectivity index (χ0v) is 10.2. The Morgan fingerprint density at radius 2 is 1.89 bits per heavy atom. The van der Waals surface area contributed by atoms with E-state index in [0.29, 0.717) is 23.2 Å². The Morgan fingerprint density at radius 3 is 2.61 bits per heavy atom. The molecule has 0 atom stereocenters. The Labute approximate surface area is 109 Å². The molecular formula is C14H10ClNO2. The van der Waals surface area contributed by atoms with Crippen LogP contribution in [0.25, 0.3) is 11.5 Å². The van der Waals surface area contributed by atoms with Crippen molar-refractivity contribution in [1.82, 2.24) is 4.98 Å².